The first-order valence-corrected chi connectivity index (χ1v) is 6.73. The van der Waals surface area contributed by atoms with E-state index in [4.69, 9.17) is 0 Å². The summed E-state index contributed by atoms with van der Waals surface area (Å²) in [5.74, 6) is 1.97. The number of hydrogen-bond donors (Lipinski definition) is 1. The molecular formula is C13H24N2O. The van der Waals surface area contributed by atoms with Gasteiger partial charge in [-0.2, -0.15) is 0 Å². The lowest BCUT2D eigenvalue weighted by Gasteiger charge is -2.21. The number of carbonyl (C=O) groups is 1. The SMILES string of the molecule is CCNC1CCN(CC2CCC(C)C2)C1=O. The molecule has 16 heavy (non-hydrogen) atoms. The highest BCUT2D eigenvalue weighted by atomic mass is 16.2. The fraction of sp³-hybridized carbons (Fsp3) is 0.923. The maximum Gasteiger partial charge on any atom is 0.239 e. The monoisotopic (exact) mass is 224 g/mol. The van der Waals surface area contributed by atoms with Gasteiger partial charge in [0.2, 0.25) is 5.91 Å². The fourth-order valence-electron chi connectivity index (χ4n) is 3.16. The Kier molecular flexibility index (Phi) is 3.85. The van der Waals surface area contributed by atoms with Crippen molar-refractivity contribution in [3.63, 3.8) is 0 Å². The molecule has 3 atom stereocenters. The average Bonchev–Trinajstić information content (AvgIpc) is 2.80. The van der Waals surface area contributed by atoms with Gasteiger partial charge < -0.3 is 10.2 Å². The minimum Gasteiger partial charge on any atom is -0.341 e. The van der Waals surface area contributed by atoms with Crippen molar-refractivity contribution >= 4 is 5.91 Å². The summed E-state index contributed by atoms with van der Waals surface area (Å²) in [6, 6.07) is 0.101. The minimum atomic E-state index is 0.101. The quantitative estimate of drug-likeness (QED) is 0.787. The maximum atomic E-state index is 12.0. The zero-order valence-corrected chi connectivity index (χ0v) is 10.5. The van der Waals surface area contributed by atoms with Crippen LogP contribution in [0.15, 0.2) is 0 Å². The van der Waals surface area contributed by atoms with Crippen molar-refractivity contribution in [2.75, 3.05) is 19.6 Å². The first-order valence-electron chi connectivity index (χ1n) is 6.73. The Morgan fingerprint density at radius 1 is 1.38 bits per heavy atom. The molecular weight excluding hydrogens is 200 g/mol. The minimum absolute atomic E-state index is 0.101. The number of hydrogen-bond acceptors (Lipinski definition) is 2. The number of carbonyl (C=O) groups excluding carboxylic acids is 1. The first-order chi connectivity index (χ1) is 7.70. The topological polar surface area (TPSA) is 32.3 Å². The number of rotatable bonds is 4. The van der Waals surface area contributed by atoms with E-state index < -0.39 is 0 Å². The number of likely N-dealkylation sites (N-methyl/N-ethyl adjacent to an activating group) is 1. The molecule has 0 aromatic carbocycles. The summed E-state index contributed by atoms with van der Waals surface area (Å²) in [6.07, 6.45) is 4.98. The molecule has 0 spiro atoms. The van der Waals surface area contributed by atoms with Crippen LogP contribution in [-0.2, 0) is 4.79 Å². The van der Waals surface area contributed by atoms with Crippen LogP contribution in [0.1, 0.15) is 39.5 Å². The van der Waals surface area contributed by atoms with Gasteiger partial charge in [0.15, 0.2) is 0 Å². The van der Waals surface area contributed by atoms with E-state index >= 15 is 0 Å². The van der Waals surface area contributed by atoms with Gasteiger partial charge in [0.05, 0.1) is 6.04 Å². The Morgan fingerprint density at radius 2 is 2.19 bits per heavy atom. The van der Waals surface area contributed by atoms with Gasteiger partial charge in [0, 0.05) is 13.1 Å². The van der Waals surface area contributed by atoms with E-state index in [0.717, 1.165) is 37.9 Å². The predicted octanol–water partition coefficient (Wildman–Crippen LogP) is 1.63. The highest BCUT2D eigenvalue weighted by Crippen LogP contribution is 2.31. The van der Waals surface area contributed by atoms with Crippen molar-refractivity contribution < 1.29 is 4.79 Å². The maximum absolute atomic E-state index is 12.0. The van der Waals surface area contributed by atoms with Gasteiger partial charge in [-0.15, -0.1) is 0 Å². The van der Waals surface area contributed by atoms with E-state index in [1.807, 2.05) is 0 Å². The molecule has 2 aliphatic rings. The highest BCUT2D eigenvalue weighted by molar-refractivity contribution is 5.83. The Balaban J connectivity index is 1.81. The molecule has 92 valence electrons. The third-order valence-corrected chi connectivity index (χ3v) is 4.03. The Bertz CT molecular complexity index is 254. The van der Waals surface area contributed by atoms with Gasteiger partial charge >= 0.3 is 0 Å². The zero-order valence-electron chi connectivity index (χ0n) is 10.5. The largest absolute Gasteiger partial charge is 0.341 e. The molecule has 1 heterocycles. The van der Waals surface area contributed by atoms with Crippen LogP contribution in [0.2, 0.25) is 0 Å². The van der Waals surface area contributed by atoms with Crippen LogP contribution in [0.3, 0.4) is 0 Å². The summed E-state index contributed by atoms with van der Waals surface area (Å²) < 4.78 is 0. The summed E-state index contributed by atoms with van der Waals surface area (Å²) in [6.45, 7) is 7.25. The van der Waals surface area contributed by atoms with Crippen LogP contribution in [0, 0.1) is 11.8 Å². The molecule has 0 bridgehead atoms. The molecule has 1 aliphatic carbocycles. The average molecular weight is 224 g/mol. The number of amides is 1. The van der Waals surface area contributed by atoms with Gasteiger partial charge in [0.1, 0.15) is 0 Å². The van der Waals surface area contributed by atoms with Crippen molar-refractivity contribution in [2.45, 2.75) is 45.6 Å². The van der Waals surface area contributed by atoms with Gasteiger partial charge in [-0.3, -0.25) is 4.79 Å². The smallest absolute Gasteiger partial charge is 0.239 e. The molecule has 0 radical (unpaired) electrons. The second-order valence-electron chi connectivity index (χ2n) is 5.47. The van der Waals surface area contributed by atoms with Crippen LogP contribution < -0.4 is 5.32 Å². The molecule has 1 amide bonds. The van der Waals surface area contributed by atoms with Gasteiger partial charge in [-0.25, -0.2) is 0 Å². The summed E-state index contributed by atoms with van der Waals surface area (Å²) >= 11 is 0. The lowest BCUT2D eigenvalue weighted by Crippen LogP contribution is -2.39. The van der Waals surface area contributed by atoms with Gasteiger partial charge in [-0.1, -0.05) is 20.3 Å². The summed E-state index contributed by atoms with van der Waals surface area (Å²) in [5, 5.41) is 3.27. The Labute approximate surface area is 98.6 Å². The first kappa shape index (κ1) is 11.9. The Hall–Kier alpha value is -0.570. The molecule has 2 rings (SSSR count). The molecule has 2 fully saturated rings. The predicted molar refractivity (Wildman–Crippen MR) is 65.2 cm³/mol. The summed E-state index contributed by atoms with van der Waals surface area (Å²) in [5.41, 5.74) is 0. The number of nitrogens with one attached hydrogen (secondary N) is 1. The molecule has 3 unspecified atom stereocenters. The van der Waals surface area contributed by atoms with Crippen molar-refractivity contribution in [3.05, 3.63) is 0 Å². The second kappa shape index (κ2) is 5.17. The standard InChI is InChI=1S/C13H24N2O/c1-3-14-12-6-7-15(13(12)16)9-11-5-4-10(2)8-11/h10-12,14H,3-9H2,1-2H3. The summed E-state index contributed by atoms with van der Waals surface area (Å²) in [4.78, 5) is 14.1. The Morgan fingerprint density at radius 3 is 2.81 bits per heavy atom. The van der Waals surface area contributed by atoms with Gasteiger partial charge in [-0.05, 0) is 37.6 Å². The van der Waals surface area contributed by atoms with Gasteiger partial charge in [0.25, 0.3) is 0 Å². The third-order valence-electron chi connectivity index (χ3n) is 4.03. The molecule has 0 aromatic rings. The second-order valence-corrected chi connectivity index (χ2v) is 5.47. The van der Waals surface area contributed by atoms with E-state index in [-0.39, 0.29) is 6.04 Å². The van der Waals surface area contributed by atoms with Crippen LogP contribution in [0.5, 0.6) is 0 Å². The lowest BCUT2D eigenvalue weighted by atomic mass is 10.1. The third kappa shape index (κ3) is 2.57. The number of nitrogens with zero attached hydrogens (tertiary/aromatic N) is 1. The van der Waals surface area contributed by atoms with E-state index in [2.05, 4.69) is 24.1 Å². The normalized spacial score (nSPS) is 35.0. The van der Waals surface area contributed by atoms with Crippen LogP contribution in [0.25, 0.3) is 0 Å². The number of likely N-dealkylation sites (tertiary alicyclic amines) is 1. The fourth-order valence-corrected chi connectivity index (χ4v) is 3.16. The van der Waals surface area contributed by atoms with Crippen LogP contribution >= 0.6 is 0 Å². The molecule has 1 saturated carbocycles. The summed E-state index contributed by atoms with van der Waals surface area (Å²) in [7, 11) is 0. The molecule has 1 saturated heterocycles. The lowest BCUT2D eigenvalue weighted by molar-refractivity contribution is -0.129. The molecule has 3 heteroatoms. The zero-order chi connectivity index (χ0) is 11.5. The molecule has 3 nitrogen and oxygen atoms in total. The van der Waals surface area contributed by atoms with Crippen molar-refractivity contribution in [1.82, 2.24) is 10.2 Å². The van der Waals surface area contributed by atoms with E-state index in [1.54, 1.807) is 0 Å². The molecule has 0 aromatic heterocycles. The highest BCUT2D eigenvalue weighted by Gasteiger charge is 2.33. The van der Waals surface area contributed by atoms with Crippen LogP contribution in [0.4, 0.5) is 0 Å². The molecule has 1 aliphatic heterocycles. The van der Waals surface area contributed by atoms with Crippen molar-refractivity contribution in [3.8, 4) is 0 Å². The molecule has 1 N–H and O–H groups in total. The van der Waals surface area contributed by atoms with Crippen LogP contribution in [-0.4, -0.2) is 36.5 Å². The van der Waals surface area contributed by atoms with E-state index in [0.29, 0.717) is 5.91 Å². The van der Waals surface area contributed by atoms with E-state index in [1.165, 1.54) is 19.3 Å². The van der Waals surface area contributed by atoms with Crippen molar-refractivity contribution in [1.29, 1.82) is 0 Å². The van der Waals surface area contributed by atoms with Crippen molar-refractivity contribution in [2.24, 2.45) is 11.8 Å². The van der Waals surface area contributed by atoms with E-state index in [9.17, 15) is 4.79 Å².